The zero-order chi connectivity index (χ0) is 30.8. The molecule has 0 amide bonds. The topological polar surface area (TPSA) is 63.5 Å². The van der Waals surface area contributed by atoms with Crippen molar-refractivity contribution in [3.8, 4) is 0 Å². The van der Waals surface area contributed by atoms with Crippen LogP contribution in [0, 0.1) is 0 Å². The summed E-state index contributed by atoms with van der Waals surface area (Å²) < 4.78 is 20.7. The molecule has 0 saturated carbocycles. The first kappa shape index (κ1) is 31.3. The van der Waals surface area contributed by atoms with Gasteiger partial charge in [0.1, 0.15) is 24.5 Å². The minimum atomic E-state index is -0.428. The number of aliphatic hydroxyl groups excluding tert-OH is 1. The van der Waals surface area contributed by atoms with Crippen molar-refractivity contribution in [2.24, 2.45) is 4.99 Å². The molecule has 0 aliphatic carbocycles. The van der Waals surface area contributed by atoms with Crippen molar-refractivity contribution in [2.75, 3.05) is 6.61 Å². The Balaban J connectivity index is 1.41. The lowest BCUT2D eigenvalue weighted by Crippen LogP contribution is -2.66. The van der Waals surface area contributed by atoms with Crippen molar-refractivity contribution < 1.29 is 19.3 Å². The molecular weight excluding hydrogens is 560 g/mol. The van der Waals surface area contributed by atoms with E-state index in [9.17, 15) is 5.11 Å². The van der Waals surface area contributed by atoms with Gasteiger partial charge in [-0.3, -0.25) is 9.89 Å². The van der Waals surface area contributed by atoms with E-state index in [1.165, 1.54) is 0 Å². The zero-order valence-electron chi connectivity index (χ0n) is 26.0. The summed E-state index contributed by atoms with van der Waals surface area (Å²) in [6.07, 6.45) is 1.44. The van der Waals surface area contributed by atoms with Gasteiger partial charge in [-0.1, -0.05) is 135 Å². The predicted molar refractivity (Wildman–Crippen MR) is 178 cm³/mol. The van der Waals surface area contributed by atoms with Gasteiger partial charge >= 0.3 is 0 Å². The highest BCUT2D eigenvalue weighted by atomic mass is 16.6. The second-order valence-corrected chi connectivity index (χ2v) is 11.9. The molecule has 4 aromatic carbocycles. The minimum absolute atomic E-state index is 0.0417. The van der Waals surface area contributed by atoms with Crippen LogP contribution < -0.4 is 0 Å². The van der Waals surface area contributed by atoms with E-state index >= 15 is 0 Å². The van der Waals surface area contributed by atoms with Crippen LogP contribution in [-0.4, -0.2) is 52.8 Å². The average Bonchev–Trinajstić information content (AvgIpc) is 3.40. The molecule has 2 aliphatic heterocycles. The smallest absolute Gasteiger partial charge is 0.132 e. The van der Waals surface area contributed by atoms with Gasteiger partial charge in [0.15, 0.2) is 0 Å². The van der Waals surface area contributed by atoms with Crippen molar-refractivity contribution in [3.05, 3.63) is 144 Å². The minimum Gasteiger partial charge on any atom is -0.394 e. The number of unbranched alkanes of at least 4 members (excludes halogenated alkanes) is 1. The summed E-state index contributed by atoms with van der Waals surface area (Å²) in [6, 6.07) is 40.6. The van der Waals surface area contributed by atoms with E-state index < -0.39 is 6.10 Å². The molecule has 0 radical (unpaired) electrons. The molecule has 2 bridgehead atoms. The number of aliphatic imine (C=N–C) groups is 1. The Bertz CT molecular complexity index is 1470. The van der Waals surface area contributed by atoms with E-state index in [2.05, 4.69) is 60.4 Å². The Hall–Kier alpha value is -3.65. The van der Waals surface area contributed by atoms with E-state index in [0.717, 1.165) is 47.2 Å². The molecule has 0 spiro atoms. The number of nitrogens with zero attached hydrogens (tertiary/aromatic N) is 2. The van der Waals surface area contributed by atoms with E-state index in [4.69, 9.17) is 19.2 Å². The molecule has 234 valence electrons. The van der Waals surface area contributed by atoms with E-state index in [-0.39, 0.29) is 37.1 Å². The first-order valence-electron chi connectivity index (χ1n) is 16.2. The van der Waals surface area contributed by atoms with Crippen LogP contribution in [-0.2, 0) is 34.0 Å². The molecular formula is C39H44N2O4. The highest BCUT2D eigenvalue weighted by molar-refractivity contribution is 5.92. The SMILES string of the molecule is CCCCC1=N[C@H]2[C@@H](OCc3ccccc3)[C@H](OCc3ccccc3)[C@@H](OCc3ccccc3)[C@@H]1N2[C@@H](CO)c1ccccc1. The average molecular weight is 605 g/mol. The van der Waals surface area contributed by atoms with Crippen LogP contribution in [0.1, 0.15) is 54.5 Å². The monoisotopic (exact) mass is 604 g/mol. The predicted octanol–water partition coefficient (Wildman–Crippen LogP) is 7.13. The van der Waals surface area contributed by atoms with Gasteiger partial charge in [0.25, 0.3) is 0 Å². The highest BCUT2D eigenvalue weighted by Crippen LogP contribution is 2.43. The van der Waals surface area contributed by atoms with Crippen molar-refractivity contribution >= 4 is 5.71 Å². The van der Waals surface area contributed by atoms with Crippen LogP contribution in [0.4, 0.5) is 0 Å². The van der Waals surface area contributed by atoms with Gasteiger partial charge in [0.2, 0.25) is 0 Å². The number of aliphatic hydroxyl groups is 1. The van der Waals surface area contributed by atoms with Crippen LogP contribution in [0.15, 0.2) is 126 Å². The van der Waals surface area contributed by atoms with Crippen molar-refractivity contribution in [1.82, 2.24) is 4.90 Å². The van der Waals surface area contributed by atoms with E-state index in [1.54, 1.807) is 0 Å². The maximum atomic E-state index is 11.0. The highest BCUT2D eigenvalue weighted by Gasteiger charge is 2.58. The second-order valence-electron chi connectivity index (χ2n) is 11.9. The van der Waals surface area contributed by atoms with Crippen molar-refractivity contribution in [3.63, 3.8) is 0 Å². The van der Waals surface area contributed by atoms with Gasteiger partial charge in [-0.25, -0.2) is 0 Å². The fraction of sp³-hybridized carbons (Fsp3) is 0.359. The van der Waals surface area contributed by atoms with Crippen molar-refractivity contribution in [1.29, 1.82) is 0 Å². The largest absolute Gasteiger partial charge is 0.394 e. The Morgan fingerprint density at radius 1 is 0.644 bits per heavy atom. The summed E-state index contributed by atoms with van der Waals surface area (Å²) in [5, 5.41) is 11.0. The van der Waals surface area contributed by atoms with Gasteiger partial charge < -0.3 is 19.3 Å². The van der Waals surface area contributed by atoms with Crippen LogP contribution in [0.25, 0.3) is 0 Å². The lowest BCUT2D eigenvalue weighted by atomic mass is 9.87. The third-order valence-corrected chi connectivity index (χ3v) is 8.88. The fourth-order valence-corrected chi connectivity index (χ4v) is 6.64. The summed E-state index contributed by atoms with van der Waals surface area (Å²) in [7, 11) is 0. The molecule has 2 aliphatic rings. The van der Waals surface area contributed by atoms with Gasteiger partial charge in [-0.15, -0.1) is 0 Å². The van der Waals surface area contributed by atoms with E-state index in [0.29, 0.717) is 19.8 Å². The number of benzene rings is 4. The molecule has 2 heterocycles. The second kappa shape index (κ2) is 15.6. The van der Waals surface area contributed by atoms with Crippen molar-refractivity contribution in [2.45, 2.75) is 82.6 Å². The lowest BCUT2D eigenvalue weighted by Gasteiger charge is -2.50. The molecule has 6 heteroatoms. The molecule has 4 aromatic rings. The maximum absolute atomic E-state index is 11.0. The third kappa shape index (κ3) is 7.43. The quantitative estimate of drug-likeness (QED) is 0.156. The standard InChI is InChI=1S/C39H44N2O4/c1-2-3-24-33-35-36(43-26-29-16-8-4-9-17-29)37(44-27-30-18-10-5-11-19-30)38(45-28-31-20-12-6-13-21-31)39(40-33)41(35)34(25-42)32-22-14-7-15-23-32/h4-23,34-39,42H,2-3,24-28H2,1H3/t34-,35+,36-,37+,38-,39+/m0/s1. The van der Waals surface area contributed by atoms with Gasteiger partial charge in [0.05, 0.1) is 38.5 Å². The first-order chi connectivity index (χ1) is 22.3. The normalized spacial score (nSPS) is 23.5. The van der Waals surface area contributed by atoms with Gasteiger partial charge in [0, 0.05) is 5.71 Å². The number of rotatable bonds is 15. The van der Waals surface area contributed by atoms with E-state index in [1.807, 2.05) is 72.8 Å². The van der Waals surface area contributed by atoms with Crippen LogP contribution >= 0.6 is 0 Å². The zero-order valence-corrected chi connectivity index (χ0v) is 26.0. The number of hydrogen-bond donors (Lipinski definition) is 1. The van der Waals surface area contributed by atoms with Crippen LogP contribution in [0.2, 0.25) is 0 Å². The summed E-state index contributed by atoms with van der Waals surface area (Å²) in [4.78, 5) is 7.77. The summed E-state index contributed by atoms with van der Waals surface area (Å²) in [5.41, 5.74) is 5.44. The number of piperidine rings is 1. The molecule has 0 aromatic heterocycles. The number of ether oxygens (including phenoxy) is 3. The maximum Gasteiger partial charge on any atom is 0.132 e. The molecule has 1 N–H and O–H groups in total. The molecule has 6 rings (SSSR count). The fourth-order valence-electron chi connectivity index (χ4n) is 6.64. The Morgan fingerprint density at radius 2 is 1.11 bits per heavy atom. The number of fused-ring (bicyclic) bond motifs is 2. The summed E-state index contributed by atoms with van der Waals surface area (Å²) >= 11 is 0. The molecule has 6 atom stereocenters. The van der Waals surface area contributed by atoms with Crippen LogP contribution in [0.3, 0.4) is 0 Å². The first-order valence-corrected chi connectivity index (χ1v) is 16.2. The molecule has 45 heavy (non-hydrogen) atoms. The summed E-state index contributed by atoms with van der Waals surface area (Å²) in [5.74, 6) is 0. The Labute approximate surface area is 267 Å². The molecule has 6 nitrogen and oxygen atoms in total. The Morgan fingerprint density at radius 3 is 1.60 bits per heavy atom. The number of hydrogen-bond acceptors (Lipinski definition) is 6. The van der Waals surface area contributed by atoms with Crippen LogP contribution in [0.5, 0.6) is 0 Å². The lowest BCUT2D eigenvalue weighted by molar-refractivity contribution is -0.213. The Kier molecular flexibility index (Phi) is 10.8. The summed E-state index contributed by atoms with van der Waals surface area (Å²) in [6.45, 7) is 3.47. The van der Waals surface area contributed by atoms with Gasteiger partial charge in [-0.2, -0.15) is 0 Å². The molecule has 0 unspecified atom stereocenters. The third-order valence-electron chi connectivity index (χ3n) is 8.88. The van der Waals surface area contributed by atoms with Gasteiger partial charge in [-0.05, 0) is 35.1 Å². The molecule has 1 saturated heterocycles. The molecule has 1 fully saturated rings.